The molecule has 0 aromatic heterocycles. The van der Waals surface area contributed by atoms with E-state index in [0.717, 1.165) is 22.3 Å². The van der Waals surface area contributed by atoms with Crippen LogP contribution in [0.3, 0.4) is 0 Å². The monoisotopic (exact) mass is 446 g/mol. The molecule has 3 rings (SSSR count). The van der Waals surface area contributed by atoms with Crippen LogP contribution in [-0.2, 0) is 14.4 Å². The van der Waals surface area contributed by atoms with Crippen molar-refractivity contribution in [2.45, 2.75) is 40.0 Å². The summed E-state index contributed by atoms with van der Waals surface area (Å²) in [5.74, 6) is -0.150. The number of carbonyl (C=O) groups is 3. The Morgan fingerprint density at radius 1 is 0.515 bits per heavy atom. The van der Waals surface area contributed by atoms with Gasteiger partial charge in [0.05, 0.1) is 0 Å². The molecule has 6 nitrogen and oxygen atoms in total. The van der Waals surface area contributed by atoms with Crippen molar-refractivity contribution in [2.24, 2.45) is 0 Å². The zero-order chi connectivity index (χ0) is 23.8. The molecule has 0 fully saturated rings. The van der Waals surface area contributed by atoms with Crippen molar-refractivity contribution in [2.75, 3.05) is 0 Å². The van der Waals surface area contributed by atoms with Gasteiger partial charge < -0.3 is 14.2 Å². The molecule has 0 aliphatic carbocycles. The van der Waals surface area contributed by atoms with Gasteiger partial charge in [-0.2, -0.15) is 0 Å². The summed E-state index contributed by atoms with van der Waals surface area (Å²) in [5.41, 5.74) is 3.71. The molecule has 0 saturated carbocycles. The van der Waals surface area contributed by atoms with Gasteiger partial charge >= 0.3 is 17.9 Å². The highest BCUT2D eigenvalue weighted by atomic mass is 16.6. The second-order valence-electron chi connectivity index (χ2n) is 7.25. The van der Waals surface area contributed by atoms with Gasteiger partial charge in [0.25, 0.3) is 0 Å². The molecule has 170 valence electrons. The summed E-state index contributed by atoms with van der Waals surface area (Å²) in [5, 5.41) is 0. The number of esters is 3. The first kappa shape index (κ1) is 23.7. The standard InChI is InChI=1S/C27H26O6/c1-4-25(28)31-22-14-11-19(12-15-22)18-7-9-20(10-8-18)21-13-16-23(32-26(29)5-2)24(17-21)33-27(30)6-3/h7-17H,4-6H2,1-3H3. The smallest absolute Gasteiger partial charge is 0.311 e. The van der Waals surface area contributed by atoms with Crippen LogP contribution in [0.5, 0.6) is 17.2 Å². The van der Waals surface area contributed by atoms with Gasteiger partial charge in [0.2, 0.25) is 0 Å². The van der Waals surface area contributed by atoms with Gasteiger partial charge in [0, 0.05) is 19.3 Å². The summed E-state index contributed by atoms with van der Waals surface area (Å²) in [4.78, 5) is 35.0. The average Bonchev–Trinajstić information content (AvgIpc) is 2.85. The molecule has 3 aromatic carbocycles. The van der Waals surface area contributed by atoms with Crippen LogP contribution in [0, 0.1) is 0 Å². The minimum absolute atomic E-state index is 0.205. The lowest BCUT2D eigenvalue weighted by Crippen LogP contribution is -2.10. The Morgan fingerprint density at radius 3 is 1.42 bits per heavy atom. The Kier molecular flexibility index (Phi) is 7.97. The number of hydrogen-bond donors (Lipinski definition) is 0. The van der Waals surface area contributed by atoms with Crippen LogP contribution in [0.2, 0.25) is 0 Å². The molecule has 0 heterocycles. The van der Waals surface area contributed by atoms with Crippen molar-refractivity contribution in [1.29, 1.82) is 0 Å². The van der Waals surface area contributed by atoms with Gasteiger partial charge in [-0.05, 0) is 46.5 Å². The molecule has 0 bridgehead atoms. The molecule has 0 radical (unpaired) electrons. The number of hydrogen-bond acceptors (Lipinski definition) is 6. The fourth-order valence-electron chi connectivity index (χ4n) is 3.02. The number of rotatable bonds is 8. The third-order valence-electron chi connectivity index (χ3n) is 4.89. The molecule has 6 heteroatoms. The highest BCUT2D eigenvalue weighted by Crippen LogP contribution is 2.34. The first-order chi connectivity index (χ1) is 15.9. The molecule has 3 aromatic rings. The van der Waals surface area contributed by atoms with Gasteiger partial charge in [0.1, 0.15) is 5.75 Å². The van der Waals surface area contributed by atoms with E-state index >= 15 is 0 Å². The Morgan fingerprint density at radius 2 is 0.909 bits per heavy atom. The quantitative estimate of drug-likeness (QED) is 0.313. The van der Waals surface area contributed by atoms with E-state index in [0.29, 0.717) is 12.2 Å². The van der Waals surface area contributed by atoms with Crippen LogP contribution in [0.25, 0.3) is 22.3 Å². The molecule has 0 unspecified atom stereocenters. The fraction of sp³-hybridized carbons (Fsp3) is 0.222. The lowest BCUT2D eigenvalue weighted by atomic mass is 10.00. The number of ether oxygens (including phenoxy) is 3. The van der Waals surface area contributed by atoms with Gasteiger partial charge in [0.15, 0.2) is 11.5 Å². The SMILES string of the molecule is CCC(=O)Oc1ccc(-c2ccc(-c3ccc(OC(=O)CC)c(OC(=O)CC)c3)cc2)cc1. The van der Waals surface area contributed by atoms with Crippen molar-refractivity contribution in [3.05, 3.63) is 66.7 Å². The summed E-state index contributed by atoms with van der Waals surface area (Å²) in [6, 6.07) is 20.3. The summed E-state index contributed by atoms with van der Waals surface area (Å²) in [6.07, 6.45) is 0.744. The van der Waals surface area contributed by atoms with E-state index in [1.807, 2.05) is 42.5 Å². The van der Waals surface area contributed by atoms with Gasteiger partial charge in [-0.15, -0.1) is 0 Å². The Balaban J connectivity index is 1.83. The molecule has 0 aliphatic heterocycles. The first-order valence-corrected chi connectivity index (χ1v) is 10.9. The van der Waals surface area contributed by atoms with Crippen molar-refractivity contribution >= 4 is 17.9 Å². The van der Waals surface area contributed by atoms with Gasteiger partial charge in [-0.3, -0.25) is 14.4 Å². The molecule has 0 saturated heterocycles. The Bertz CT molecular complexity index is 1130. The Labute approximate surface area is 193 Å². The van der Waals surface area contributed by atoms with E-state index in [2.05, 4.69) is 0 Å². The minimum Gasteiger partial charge on any atom is -0.427 e. The lowest BCUT2D eigenvalue weighted by molar-refractivity contribution is -0.136. The van der Waals surface area contributed by atoms with Crippen LogP contribution in [0.15, 0.2) is 66.7 Å². The van der Waals surface area contributed by atoms with E-state index in [1.54, 1.807) is 45.0 Å². The van der Waals surface area contributed by atoms with Crippen LogP contribution >= 0.6 is 0 Å². The predicted molar refractivity (Wildman–Crippen MR) is 125 cm³/mol. The molecule has 0 atom stereocenters. The maximum atomic E-state index is 11.8. The lowest BCUT2D eigenvalue weighted by Gasteiger charge is -2.12. The summed E-state index contributed by atoms with van der Waals surface area (Å²) in [6.45, 7) is 5.14. The zero-order valence-corrected chi connectivity index (χ0v) is 18.9. The van der Waals surface area contributed by atoms with Gasteiger partial charge in [-0.1, -0.05) is 63.2 Å². The average molecular weight is 446 g/mol. The van der Waals surface area contributed by atoms with E-state index in [9.17, 15) is 14.4 Å². The molecular weight excluding hydrogens is 420 g/mol. The normalized spacial score (nSPS) is 10.4. The van der Waals surface area contributed by atoms with Crippen LogP contribution in [0.1, 0.15) is 40.0 Å². The molecule has 0 spiro atoms. The highest BCUT2D eigenvalue weighted by molar-refractivity contribution is 5.78. The largest absolute Gasteiger partial charge is 0.427 e. The maximum Gasteiger partial charge on any atom is 0.311 e. The topological polar surface area (TPSA) is 78.9 Å². The zero-order valence-electron chi connectivity index (χ0n) is 18.9. The third kappa shape index (κ3) is 6.29. The third-order valence-corrected chi connectivity index (χ3v) is 4.89. The second-order valence-corrected chi connectivity index (χ2v) is 7.25. The van der Waals surface area contributed by atoms with Crippen LogP contribution < -0.4 is 14.2 Å². The van der Waals surface area contributed by atoms with Crippen LogP contribution in [-0.4, -0.2) is 17.9 Å². The molecule has 33 heavy (non-hydrogen) atoms. The summed E-state index contributed by atoms with van der Waals surface area (Å²) in [7, 11) is 0. The predicted octanol–water partition coefficient (Wildman–Crippen LogP) is 5.97. The molecule has 0 amide bonds. The molecule has 0 N–H and O–H groups in total. The van der Waals surface area contributed by atoms with E-state index in [-0.39, 0.29) is 30.3 Å². The molecule has 0 aliphatic rings. The maximum absolute atomic E-state index is 11.8. The van der Waals surface area contributed by atoms with E-state index in [1.165, 1.54) is 0 Å². The van der Waals surface area contributed by atoms with Gasteiger partial charge in [-0.25, -0.2) is 0 Å². The van der Waals surface area contributed by atoms with Crippen molar-refractivity contribution in [3.8, 4) is 39.5 Å². The fourth-order valence-corrected chi connectivity index (χ4v) is 3.02. The number of carbonyl (C=O) groups excluding carboxylic acids is 3. The second kappa shape index (κ2) is 11.1. The minimum atomic E-state index is -0.413. The molecular formula is C27H26O6. The van der Waals surface area contributed by atoms with Crippen molar-refractivity contribution in [1.82, 2.24) is 0 Å². The summed E-state index contributed by atoms with van der Waals surface area (Å²) < 4.78 is 15.9. The van der Waals surface area contributed by atoms with Crippen molar-refractivity contribution in [3.63, 3.8) is 0 Å². The summed E-state index contributed by atoms with van der Waals surface area (Å²) >= 11 is 0. The highest BCUT2D eigenvalue weighted by Gasteiger charge is 2.14. The number of benzene rings is 3. The Hall–Kier alpha value is -3.93. The first-order valence-electron chi connectivity index (χ1n) is 10.9. The van der Waals surface area contributed by atoms with Crippen LogP contribution in [0.4, 0.5) is 0 Å². The van der Waals surface area contributed by atoms with E-state index < -0.39 is 11.9 Å². The van der Waals surface area contributed by atoms with E-state index in [4.69, 9.17) is 14.2 Å². The van der Waals surface area contributed by atoms with Crippen molar-refractivity contribution < 1.29 is 28.6 Å².